The van der Waals surface area contributed by atoms with Crippen molar-refractivity contribution < 1.29 is 43.2 Å². The van der Waals surface area contributed by atoms with Gasteiger partial charge in [-0.25, -0.2) is 4.79 Å². The number of Topliss-reactive ketones (excluding diaryl/α,β-unsaturated/α-hetero) is 1. The molecule has 11 atom stereocenters. The van der Waals surface area contributed by atoms with Gasteiger partial charge in [0.2, 0.25) is 5.79 Å². The largest absolute Gasteiger partial charge is 0.458 e. The third kappa shape index (κ3) is 1.97. The van der Waals surface area contributed by atoms with Gasteiger partial charge in [-0.2, -0.15) is 0 Å². The topological polar surface area (TPSA) is 125 Å². The van der Waals surface area contributed by atoms with Crippen LogP contribution in [0.15, 0.2) is 23.8 Å². The van der Waals surface area contributed by atoms with Gasteiger partial charge in [0.1, 0.15) is 6.10 Å². The third-order valence-corrected chi connectivity index (χ3v) is 12.0. The lowest BCUT2D eigenvalue weighted by atomic mass is 9.46. The van der Waals surface area contributed by atoms with Crippen molar-refractivity contribution in [1.82, 2.24) is 0 Å². The van der Waals surface area contributed by atoms with Crippen LogP contribution in [0.3, 0.4) is 0 Å². The Balaban J connectivity index is 1.43. The highest BCUT2D eigenvalue weighted by Gasteiger charge is 2.93. The standard InChI is InChI=1S/C28H30O9/c1-23-11-18-25(3)28-19(23)20(30)27(37-28,34-12-16(23)21(31)35-18)15-8-7-13-5-4-6-17(29)24(13,2)14(15)9-10-26(28,33)22(32)36-25/h4,6-7,14-16,18-19,33H,5,8-12H2,1-3H3/t14-,15+,16+,18+,19+,23-,24+,25+,26+,27-,28-/m1/s1. The number of rotatable bonds is 0. The van der Waals surface area contributed by atoms with E-state index in [9.17, 15) is 24.3 Å². The van der Waals surface area contributed by atoms with Gasteiger partial charge in [-0.05, 0) is 63.4 Å². The summed E-state index contributed by atoms with van der Waals surface area (Å²) in [6, 6.07) is 0. The Hall–Kier alpha value is -2.36. The number of fused-ring (bicyclic) bond motifs is 5. The van der Waals surface area contributed by atoms with Gasteiger partial charge in [0, 0.05) is 5.92 Å². The summed E-state index contributed by atoms with van der Waals surface area (Å²) in [6.07, 6.45) is 6.24. The number of hydrogen-bond acceptors (Lipinski definition) is 9. The summed E-state index contributed by atoms with van der Waals surface area (Å²) in [4.78, 5) is 55.2. The van der Waals surface area contributed by atoms with Gasteiger partial charge in [-0.1, -0.05) is 24.6 Å². The van der Waals surface area contributed by atoms with Gasteiger partial charge in [0.25, 0.3) is 0 Å². The van der Waals surface area contributed by atoms with E-state index in [1.807, 2.05) is 26.0 Å². The molecule has 8 rings (SSSR count). The monoisotopic (exact) mass is 510 g/mol. The fourth-order valence-corrected chi connectivity index (χ4v) is 10.0. The molecular weight excluding hydrogens is 480 g/mol. The molecule has 196 valence electrons. The number of aliphatic hydroxyl groups is 1. The molecule has 0 aromatic rings. The molecule has 0 aromatic heterocycles. The molecule has 8 aliphatic rings. The molecule has 5 heterocycles. The van der Waals surface area contributed by atoms with Crippen LogP contribution in [0, 0.1) is 34.5 Å². The Morgan fingerprint density at radius 2 is 1.86 bits per heavy atom. The normalized spacial score (nSPS) is 58.5. The molecule has 2 spiro atoms. The Bertz CT molecular complexity index is 1300. The lowest BCUT2D eigenvalue weighted by Crippen LogP contribution is -2.79. The van der Waals surface area contributed by atoms with Crippen molar-refractivity contribution >= 4 is 23.5 Å². The van der Waals surface area contributed by atoms with Gasteiger partial charge in [-0.3, -0.25) is 14.4 Å². The first kappa shape index (κ1) is 22.6. The summed E-state index contributed by atoms with van der Waals surface area (Å²) >= 11 is 0. The number of carbonyl (C=O) groups excluding carboxylic acids is 4. The van der Waals surface area contributed by atoms with Crippen LogP contribution >= 0.6 is 0 Å². The smallest absolute Gasteiger partial charge is 0.342 e. The summed E-state index contributed by atoms with van der Waals surface area (Å²) in [5.74, 6) is -6.36. The summed E-state index contributed by atoms with van der Waals surface area (Å²) in [7, 11) is 0. The van der Waals surface area contributed by atoms with Crippen LogP contribution in [-0.4, -0.2) is 63.9 Å². The molecule has 5 bridgehead atoms. The van der Waals surface area contributed by atoms with E-state index in [4.69, 9.17) is 18.9 Å². The molecule has 37 heavy (non-hydrogen) atoms. The zero-order valence-corrected chi connectivity index (χ0v) is 21.1. The number of esters is 2. The lowest BCUT2D eigenvalue weighted by molar-refractivity contribution is -0.374. The number of ketones is 2. The molecule has 3 aliphatic carbocycles. The van der Waals surface area contributed by atoms with Crippen molar-refractivity contribution in [3.05, 3.63) is 23.8 Å². The van der Waals surface area contributed by atoms with Crippen LogP contribution in [0.5, 0.6) is 0 Å². The van der Waals surface area contributed by atoms with Gasteiger partial charge < -0.3 is 24.1 Å². The second kappa shape index (κ2) is 6.10. The highest BCUT2D eigenvalue weighted by atomic mass is 16.8. The third-order valence-electron chi connectivity index (χ3n) is 12.0. The molecule has 0 amide bonds. The zero-order chi connectivity index (χ0) is 26.0. The van der Waals surface area contributed by atoms with Crippen LogP contribution < -0.4 is 0 Å². The molecule has 0 radical (unpaired) electrons. The number of carbonyl (C=O) groups is 4. The minimum Gasteiger partial charge on any atom is -0.458 e. The van der Waals surface area contributed by atoms with Crippen LogP contribution in [0.1, 0.15) is 52.9 Å². The average Bonchev–Trinajstić information content (AvgIpc) is 3.16. The van der Waals surface area contributed by atoms with Crippen molar-refractivity contribution in [3.8, 4) is 0 Å². The Kier molecular flexibility index (Phi) is 3.73. The Morgan fingerprint density at radius 1 is 1.08 bits per heavy atom. The first-order chi connectivity index (χ1) is 17.4. The highest BCUT2D eigenvalue weighted by Crippen LogP contribution is 2.75. The van der Waals surface area contributed by atoms with Gasteiger partial charge >= 0.3 is 11.9 Å². The molecule has 1 saturated carbocycles. The summed E-state index contributed by atoms with van der Waals surface area (Å²) in [6.45, 7) is 5.29. The molecule has 0 unspecified atom stereocenters. The van der Waals surface area contributed by atoms with Crippen LogP contribution in [0.4, 0.5) is 0 Å². The van der Waals surface area contributed by atoms with Crippen LogP contribution in [0.25, 0.3) is 0 Å². The number of allylic oxidation sites excluding steroid dienone is 4. The Labute approximate surface area is 213 Å². The van der Waals surface area contributed by atoms with E-state index in [2.05, 4.69) is 0 Å². The minimum absolute atomic E-state index is 0.0380. The van der Waals surface area contributed by atoms with E-state index in [1.165, 1.54) is 0 Å². The van der Waals surface area contributed by atoms with E-state index in [1.54, 1.807) is 13.0 Å². The molecule has 9 nitrogen and oxygen atoms in total. The van der Waals surface area contributed by atoms with Crippen molar-refractivity contribution in [2.24, 2.45) is 34.5 Å². The Morgan fingerprint density at radius 3 is 2.65 bits per heavy atom. The first-order valence-corrected chi connectivity index (χ1v) is 13.4. The molecule has 6 fully saturated rings. The lowest BCUT2D eigenvalue weighted by Gasteiger charge is -2.63. The van der Waals surface area contributed by atoms with Crippen LogP contribution in [-0.2, 0) is 38.1 Å². The maximum Gasteiger partial charge on any atom is 0.342 e. The summed E-state index contributed by atoms with van der Waals surface area (Å²) < 4.78 is 25.1. The van der Waals surface area contributed by atoms with Gasteiger partial charge in [0.05, 0.1) is 23.9 Å². The van der Waals surface area contributed by atoms with Gasteiger partial charge in [0.15, 0.2) is 28.4 Å². The first-order valence-electron chi connectivity index (χ1n) is 13.4. The second-order valence-electron chi connectivity index (χ2n) is 13.0. The number of hydrogen-bond donors (Lipinski definition) is 1. The number of ether oxygens (including phenoxy) is 4. The van der Waals surface area contributed by atoms with Crippen molar-refractivity contribution in [1.29, 1.82) is 0 Å². The van der Waals surface area contributed by atoms with E-state index in [-0.39, 0.29) is 24.6 Å². The predicted molar refractivity (Wildman–Crippen MR) is 122 cm³/mol. The molecular formula is C28H30O9. The maximum absolute atomic E-state index is 14.8. The van der Waals surface area contributed by atoms with E-state index >= 15 is 0 Å². The van der Waals surface area contributed by atoms with E-state index in [0.29, 0.717) is 25.7 Å². The molecule has 1 N–H and O–H groups in total. The van der Waals surface area contributed by atoms with Crippen molar-refractivity contribution in [2.75, 3.05) is 6.61 Å². The molecule has 5 aliphatic heterocycles. The zero-order valence-electron chi connectivity index (χ0n) is 21.1. The molecule has 9 heteroatoms. The van der Waals surface area contributed by atoms with E-state index in [0.717, 1.165) is 5.57 Å². The molecule has 5 saturated heterocycles. The molecule has 0 aromatic carbocycles. The average molecular weight is 511 g/mol. The maximum atomic E-state index is 14.8. The van der Waals surface area contributed by atoms with E-state index < -0.39 is 75.1 Å². The predicted octanol–water partition coefficient (Wildman–Crippen LogP) is 1.56. The fourth-order valence-electron chi connectivity index (χ4n) is 10.0. The van der Waals surface area contributed by atoms with Crippen molar-refractivity contribution in [3.63, 3.8) is 0 Å². The fraction of sp³-hybridized carbons (Fsp3) is 0.714. The summed E-state index contributed by atoms with van der Waals surface area (Å²) in [5.41, 5.74) is -6.43. The minimum atomic E-state index is -2.17. The highest BCUT2D eigenvalue weighted by molar-refractivity contribution is 6.01. The second-order valence-corrected chi connectivity index (χ2v) is 13.0. The SMILES string of the molecule is C[C@]12C(=O)C=CCC1=CC[C@H]1[C@H]2CC[C@]2(O)C(=O)O[C@@]3(C)[C@@H]4C[C@]5(C)[C@@H](CO[C@@]16O[C@]32[C@H]5C6=O)C(=O)O4. The quantitative estimate of drug-likeness (QED) is 0.382. The summed E-state index contributed by atoms with van der Waals surface area (Å²) in [5, 5.41) is 12.4. The van der Waals surface area contributed by atoms with Crippen LogP contribution in [0.2, 0.25) is 0 Å². The van der Waals surface area contributed by atoms with Gasteiger partial charge in [-0.15, -0.1) is 0 Å². The van der Waals surface area contributed by atoms with Crippen molar-refractivity contribution in [2.45, 2.75) is 81.6 Å².